The first kappa shape index (κ1) is 13.6. The first-order valence-corrected chi connectivity index (χ1v) is 6.64. The molecule has 0 saturated carbocycles. The first-order valence-electron chi connectivity index (χ1n) is 5.84. The topological polar surface area (TPSA) is 52.3 Å². The fourth-order valence-electron chi connectivity index (χ4n) is 1.72. The molecule has 4 heteroatoms. The molecule has 0 aliphatic rings. The molecule has 2 aromatic carbocycles. The van der Waals surface area contributed by atoms with E-state index in [0.717, 1.165) is 10.0 Å². The molecule has 2 N–H and O–H groups in total. The zero-order chi connectivity index (χ0) is 13.8. The van der Waals surface area contributed by atoms with Crippen molar-refractivity contribution in [2.45, 2.75) is 13.5 Å². The number of hydrogen-bond donors (Lipinski definition) is 1. The summed E-state index contributed by atoms with van der Waals surface area (Å²) in [6.45, 7) is 1.95. The van der Waals surface area contributed by atoms with E-state index >= 15 is 0 Å². The van der Waals surface area contributed by atoms with E-state index in [1.54, 1.807) is 12.1 Å². The molecule has 2 aromatic rings. The predicted octanol–water partition coefficient (Wildman–Crippen LogP) is 3.81. The van der Waals surface area contributed by atoms with Crippen molar-refractivity contribution in [3.63, 3.8) is 0 Å². The second-order valence-electron chi connectivity index (χ2n) is 4.20. The van der Waals surface area contributed by atoms with Crippen LogP contribution in [-0.4, -0.2) is 5.78 Å². The third-order valence-electron chi connectivity index (χ3n) is 2.72. The molecule has 0 saturated heterocycles. The van der Waals surface area contributed by atoms with Crippen LogP contribution in [-0.2, 0) is 6.61 Å². The zero-order valence-corrected chi connectivity index (χ0v) is 12.1. The van der Waals surface area contributed by atoms with Crippen LogP contribution in [0, 0.1) is 0 Å². The van der Waals surface area contributed by atoms with Crippen LogP contribution in [0.5, 0.6) is 5.75 Å². The van der Waals surface area contributed by atoms with Gasteiger partial charge in [0.1, 0.15) is 12.4 Å². The minimum absolute atomic E-state index is 0.0622. The Bertz CT molecular complexity index is 597. The Kier molecular flexibility index (Phi) is 4.22. The molecule has 0 aromatic heterocycles. The van der Waals surface area contributed by atoms with Crippen LogP contribution in [0.3, 0.4) is 0 Å². The smallest absolute Gasteiger partial charge is 0.161 e. The van der Waals surface area contributed by atoms with Crippen molar-refractivity contribution >= 4 is 27.4 Å². The van der Waals surface area contributed by atoms with Crippen LogP contribution in [0.4, 0.5) is 5.69 Å². The highest BCUT2D eigenvalue weighted by Crippen LogP contribution is 2.31. The van der Waals surface area contributed by atoms with Gasteiger partial charge in [0.2, 0.25) is 0 Å². The molecule has 0 fully saturated rings. The minimum Gasteiger partial charge on any atom is -0.488 e. The SMILES string of the molecule is CC(=O)c1cc(Br)c(OCc2ccccc2)cc1N. The van der Waals surface area contributed by atoms with Gasteiger partial charge in [-0.1, -0.05) is 30.3 Å². The number of halogens is 1. The molecule has 0 aliphatic carbocycles. The number of carbonyl (C=O) groups excluding carboxylic acids is 1. The third kappa shape index (κ3) is 3.35. The van der Waals surface area contributed by atoms with Gasteiger partial charge in [-0.3, -0.25) is 4.79 Å². The molecule has 2 rings (SSSR count). The lowest BCUT2D eigenvalue weighted by Gasteiger charge is -2.11. The van der Waals surface area contributed by atoms with E-state index in [0.29, 0.717) is 23.6 Å². The number of ketones is 1. The Balaban J connectivity index is 2.17. The van der Waals surface area contributed by atoms with Crippen LogP contribution < -0.4 is 10.5 Å². The Morgan fingerprint density at radius 2 is 1.95 bits per heavy atom. The highest BCUT2D eigenvalue weighted by molar-refractivity contribution is 9.10. The zero-order valence-electron chi connectivity index (χ0n) is 10.5. The summed E-state index contributed by atoms with van der Waals surface area (Å²) in [4.78, 5) is 11.4. The van der Waals surface area contributed by atoms with Gasteiger partial charge in [0.15, 0.2) is 5.78 Å². The number of benzene rings is 2. The quantitative estimate of drug-likeness (QED) is 0.688. The summed E-state index contributed by atoms with van der Waals surface area (Å²) in [5.74, 6) is 0.569. The van der Waals surface area contributed by atoms with E-state index in [9.17, 15) is 4.79 Å². The van der Waals surface area contributed by atoms with Crippen molar-refractivity contribution in [2.75, 3.05) is 5.73 Å². The maximum absolute atomic E-state index is 11.4. The van der Waals surface area contributed by atoms with Crippen molar-refractivity contribution in [2.24, 2.45) is 0 Å². The summed E-state index contributed by atoms with van der Waals surface area (Å²) in [5.41, 5.74) is 7.84. The van der Waals surface area contributed by atoms with Crippen molar-refractivity contribution in [3.05, 3.63) is 58.1 Å². The van der Waals surface area contributed by atoms with Gasteiger partial charge < -0.3 is 10.5 Å². The van der Waals surface area contributed by atoms with Gasteiger partial charge in [-0.2, -0.15) is 0 Å². The van der Waals surface area contributed by atoms with Crippen LogP contribution in [0.1, 0.15) is 22.8 Å². The average Bonchev–Trinajstić information content (AvgIpc) is 2.40. The van der Waals surface area contributed by atoms with Crippen LogP contribution in [0.25, 0.3) is 0 Å². The van der Waals surface area contributed by atoms with E-state index < -0.39 is 0 Å². The summed E-state index contributed by atoms with van der Waals surface area (Å²) < 4.78 is 6.43. The Hall–Kier alpha value is -1.81. The number of rotatable bonds is 4. The molecule has 0 aliphatic heterocycles. The second kappa shape index (κ2) is 5.89. The summed E-state index contributed by atoms with van der Waals surface area (Å²) in [6, 6.07) is 13.2. The molecule has 3 nitrogen and oxygen atoms in total. The molecule has 98 valence electrons. The van der Waals surface area contributed by atoms with Gasteiger partial charge >= 0.3 is 0 Å². The van der Waals surface area contributed by atoms with Gasteiger partial charge in [-0.15, -0.1) is 0 Å². The van der Waals surface area contributed by atoms with Gasteiger partial charge in [0.05, 0.1) is 4.47 Å². The Morgan fingerprint density at radius 3 is 2.58 bits per heavy atom. The van der Waals surface area contributed by atoms with Crippen LogP contribution in [0.2, 0.25) is 0 Å². The number of ether oxygens (including phenoxy) is 1. The van der Waals surface area contributed by atoms with E-state index in [1.165, 1.54) is 6.92 Å². The molecular weight excluding hydrogens is 306 g/mol. The number of nitrogen functional groups attached to an aromatic ring is 1. The fourth-order valence-corrected chi connectivity index (χ4v) is 2.18. The lowest BCUT2D eigenvalue weighted by Crippen LogP contribution is -2.02. The average molecular weight is 320 g/mol. The summed E-state index contributed by atoms with van der Waals surface area (Å²) in [7, 11) is 0. The largest absolute Gasteiger partial charge is 0.488 e. The maximum atomic E-state index is 11.4. The first-order chi connectivity index (χ1) is 9.08. The molecule has 0 unspecified atom stereocenters. The van der Waals surface area contributed by atoms with Gasteiger partial charge in [-0.05, 0) is 34.5 Å². The van der Waals surface area contributed by atoms with Crippen LogP contribution >= 0.6 is 15.9 Å². The number of carbonyl (C=O) groups is 1. The maximum Gasteiger partial charge on any atom is 0.161 e. The van der Waals surface area contributed by atoms with E-state index in [2.05, 4.69) is 15.9 Å². The minimum atomic E-state index is -0.0622. The summed E-state index contributed by atoms with van der Waals surface area (Å²) in [5, 5.41) is 0. The van der Waals surface area contributed by atoms with Gasteiger partial charge in [0.25, 0.3) is 0 Å². The van der Waals surface area contributed by atoms with Crippen molar-refractivity contribution in [3.8, 4) is 5.75 Å². The Morgan fingerprint density at radius 1 is 1.26 bits per heavy atom. The second-order valence-corrected chi connectivity index (χ2v) is 5.05. The number of anilines is 1. The molecule has 0 radical (unpaired) electrons. The number of hydrogen-bond acceptors (Lipinski definition) is 3. The van der Waals surface area contributed by atoms with E-state index in [4.69, 9.17) is 10.5 Å². The fraction of sp³-hybridized carbons (Fsp3) is 0.133. The molecule has 19 heavy (non-hydrogen) atoms. The lowest BCUT2D eigenvalue weighted by atomic mass is 10.1. The van der Waals surface area contributed by atoms with Crippen molar-refractivity contribution in [1.29, 1.82) is 0 Å². The van der Waals surface area contributed by atoms with E-state index in [1.807, 2.05) is 30.3 Å². The highest BCUT2D eigenvalue weighted by Gasteiger charge is 2.10. The van der Waals surface area contributed by atoms with Crippen molar-refractivity contribution in [1.82, 2.24) is 0 Å². The predicted molar refractivity (Wildman–Crippen MR) is 79.3 cm³/mol. The molecule has 0 heterocycles. The van der Waals surface area contributed by atoms with Gasteiger partial charge in [0, 0.05) is 17.3 Å². The summed E-state index contributed by atoms with van der Waals surface area (Å²) in [6.07, 6.45) is 0. The third-order valence-corrected chi connectivity index (χ3v) is 3.34. The molecule has 0 amide bonds. The molecular formula is C15H14BrNO2. The molecule has 0 atom stereocenters. The molecule has 0 bridgehead atoms. The summed E-state index contributed by atoms with van der Waals surface area (Å²) >= 11 is 3.39. The van der Waals surface area contributed by atoms with Crippen LogP contribution in [0.15, 0.2) is 46.9 Å². The van der Waals surface area contributed by atoms with Gasteiger partial charge in [-0.25, -0.2) is 0 Å². The normalized spacial score (nSPS) is 10.2. The number of nitrogens with two attached hydrogens (primary N) is 1. The van der Waals surface area contributed by atoms with Crippen molar-refractivity contribution < 1.29 is 9.53 Å². The molecule has 0 spiro atoms. The van der Waals surface area contributed by atoms with E-state index in [-0.39, 0.29) is 5.78 Å². The standard InChI is InChI=1S/C15H14BrNO2/c1-10(18)12-7-13(16)15(8-14(12)17)19-9-11-5-3-2-4-6-11/h2-8H,9,17H2,1H3. The number of Topliss-reactive ketones (excluding diaryl/α,β-unsaturated/α-hetero) is 1. The monoisotopic (exact) mass is 319 g/mol. The highest BCUT2D eigenvalue weighted by atomic mass is 79.9. The Labute approximate surface area is 120 Å². The lowest BCUT2D eigenvalue weighted by molar-refractivity contribution is 0.101.